The van der Waals surface area contributed by atoms with Crippen LogP contribution in [0.25, 0.3) is 12.2 Å². The molecule has 2 aromatic carbocycles. The van der Waals surface area contributed by atoms with E-state index in [1.165, 1.54) is 6.92 Å². The maximum Gasteiger partial charge on any atom is 0.349 e. The SMILES string of the molecule is CC(=O)Nc1cc(/C=C/c2ccc(OC(=O)COc3ccc(C)cc3)cc2)ccn1. The predicted molar refractivity (Wildman–Crippen MR) is 116 cm³/mol. The number of aryl methyl sites for hydroxylation is 1. The van der Waals surface area contributed by atoms with Crippen molar-refractivity contribution < 1.29 is 19.1 Å². The maximum atomic E-state index is 12.0. The van der Waals surface area contributed by atoms with Crippen molar-refractivity contribution in [2.24, 2.45) is 0 Å². The van der Waals surface area contributed by atoms with Crippen molar-refractivity contribution in [2.75, 3.05) is 11.9 Å². The van der Waals surface area contributed by atoms with Gasteiger partial charge in [0.05, 0.1) is 0 Å². The fraction of sp³-hybridized carbons (Fsp3) is 0.125. The van der Waals surface area contributed by atoms with Crippen molar-refractivity contribution in [1.82, 2.24) is 4.98 Å². The zero-order valence-corrected chi connectivity index (χ0v) is 16.8. The molecule has 0 saturated carbocycles. The van der Waals surface area contributed by atoms with E-state index in [2.05, 4.69) is 10.3 Å². The second kappa shape index (κ2) is 10.0. The van der Waals surface area contributed by atoms with Crippen molar-refractivity contribution in [3.05, 3.63) is 83.6 Å². The lowest BCUT2D eigenvalue weighted by molar-refractivity contribution is -0.136. The number of amides is 1. The largest absolute Gasteiger partial charge is 0.482 e. The molecular formula is C24H22N2O4. The van der Waals surface area contributed by atoms with Crippen LogP contribution in [0.2, 0.25) is 0 Å². The van der Waals surface area contributed by atoms with Crippen LogP contribution in [0.5, 0.6) is 11.5 Å². The van der Waals surface area contributed by atoms with Gasteiger partial charge in [-0.2, -0.15) is 0 Å². The van der Waals surface area contributed by atoms with Crippen molar-refractivity contribution in [1.29, 1.82) is 0 Å². The van der Waals surface area contributed by atoms with Gasteiger partial charge in [-0.25, -0.2) is 9.78 Å². The van der Waals surface area contributed by atoms with Crippen LogP contribution in [-0.4, -0.2) is 23.5 Å². The number of aromatic nitrogens is 1. The van der Waals surface area contributed by atoms with Crippen molar-refractivity contribution in [2.45, 2.75) is 13.8 Å². The lowest BCUT2D eigenvalue weighted by Gasteiger charge is -2.07. The number of ether oxygens (including phenoxy) is 2. The van der Waals surface area contributed by atoms with Gasteiger partial charge in [0.15, 0.2) is 6.61 Å². The monoisotopic (exact) mass is 402 g/mol. The molecule has 0 aliphatic heterocycles. The van der Waals surface area contributed by atoms with Crippen molar-refractivity contribution in [3.63, 3.8) is 0 Å². The Morgan fingerprint density at radius 3 is 2.30 bits per heavy atom. The molecule has 1 N–H and O–H groups in total. The van der Waals surface area contributed by atoms with Crippen LogP contribution in [0, 0.1) is 6.92 Å². The Balaban J connectivity index is 1.53. The first-order valence-electron chi connectivity index (χ1n) is 9.40. The first-order valence-corrected chi connectivity index (χ1v) is 9.40. The second-order valence-corrected chi connectivity index (χ2v) is 6.63. The first-order chi connectivity index (χ1) is 14.5. The van der Waals surface area contributed by atoms with Crippen LogP contribution < -0.4 is 14.8 Å². The lowest BCUT2D eigenvalue weighted by atomic mass is 10.1. The minimum Gasteiger partial charge on any atom is -0.482 e. The number of pyridine rings is 1. The molecule has 1 aromatic heterocycles. The number of nitrogens with one attached hydrogen (secondary N) is 1. The Kier molecular flexibility index (Phi) is 6.95. The molecule has 6 nitrogen and oxygen atoms in total. The number of carbonyl (C=O) groups excluding carboxylic acids is 2. The molecule has 0 unspecified atom stereocenters. The van der Waals surface area contributed by atoms with E-state index < -0.39 is 5.97 Å². The summed E-state index contributed by atoms with van der Waals surface area (Å²) in [5.41, 5.74) is 2.96. The molecule has 1 amide bonds. The summed E-state index contributed by atoms with van der Waals surface area (Å²) in [5.74, 6) is 0.927. The third kappa shape index (κ3) is 6.60. The Bertz CT molecular complexity index is 1040. The van der Waals surface area contributed by atoms with Gasteiger partial charge >= 0.3 is 5.97 Å². The average molecular weight is 402 g/mol. The Labute approximate surface area is 175 Å². The highest BCUT2D eigenvalue weighted by Gasteiger charge is 2.06. The van der Waals surface area contributed by atoms with E-state index in [1.807, 2.05) is 61.5 Å². The molecule has 0 spiro atoms. The lowest BCUT2D eigenvalue weighted by Crippen LogP contribution is -2.17. The highest BCUT2D eigenvalue weighted by atomic mass is 16.6. The van der Waals surface area contributed by atoms with Gasteiger partial charge in [0, 0.05) is 13.1 Å². The zero-order chi connectivity index (χ0) is 21.3. The number of hydrogen-bond acceptors (Lipinski definition) is 5. The first kappa shape index (κ1) is 20.8. The molecule has 0 saturated heterocycles. The highest BCUT2D eigenvalue weighted by Crippen LogP contribution is 2.16. The van der Waals surface area contributed by atoms with Gasteiger partial charge < -0.3 is 14.8 Å². The molecule has 0 bridgehead atoms. The fourth-order valence-corrected chi connectivity index (χ4v) is 2.58. The summed E-state index contributed by atoms with van der Waals surface area (Å²) >= 11 is 0. The molecule has 0 radical (unpaired) electrons. The summed E-state index contributed by atoms with van der Waals surface area (Å²) in [7, 11) is 0. The number of esters is 1. The van der Waals surface area contributed by atoms with Gasteiger partial charge in [-0.05, 0) is 54.4 Å². The van der Waals surface area contributed by atoms with E-state index in [0.717, 1.165) is 16.7 Å². The zero-order valence-electron chi connectivity index (χ0n) is 16.8. The van der Waals surface area contributed by atoms with E-state index in [0.29, 0.717) is 17.3 Å². The molecule has 30 heavy (non-hydrogen) atoms. The number of benzene rings is 2. The molecule has 1 heterocycles. The molecule has 152 valence electrons. The van der Waals surface area contributed by atoms with Crippen LogP contribution in [0.1, 0.15) is 23.6 Å². The summed E-state index contributed by atoms with van der Waals surface area (Å²) in [6, 6.07) is 18.2. The van der Waals surface area contributed by atoms with Gasteiger partial charge in [-0.3, -0.25) is 4.79 Å². The standard InChI is InChI=1S/C24H22N2O4/c1-17-3-9-21(10-4-17)29-16-24(28)30-22-11-7-19(8-12-22)5-6-20-13-14-25-23(15-20)26-18(2)27/h3-15H,16H2,1-2H3,(H,25,26,27)/b6-5+. The third-order valence-electron chi connectivity index (χ3n) is 4.05. The molecule has 0 aliphatic rings. The number of carbonyl (C=O) groups is 2. The van der Waals surface area contributed by atoms with Crippen LogP contribution in [0.4, 0.5) is 5.82 Å². The number of anilines is 1. The molecule has 3 aromatic rings. The van der Waals surface area contributed by atoms with Crippen molar-refractivity contribution >= 4 is 29.8 Å². The van der Waals surface area contributed by atoms with Gasteiger partial charge in [0.25, 0.3) is 0 Å². The van der Waals surface area contributed by atoms with Crippen LogP contribution in [-0.2, 0) is 9.59 Å². The third-order valence-corrected chi connectivity index (χ3v) is 4.05. The summed E-state index contributed by atoms with van der Waals surface area (Å²) in [6.07, 6.45) is 5.45. The smallest absolute Gasteiger partial charge is 0.349 e. The molecule has 0 aliphatic carbocycles. The van der Waals surface area contributed by atoms with E-state index in [1.54, 1.807) is 24.4 Å². The molecule has 6 heteroatoms. The number of rotatable bonds is 7. The number of nitrogens with zero attached hydrogens (tertiary/aromatic N) is 1. The van der Waals surface area contributed by atoms with Crippen molar-refractivity contribution in [3.8, 4) is 11.5 Å². The topological polar surface area (TPSA) is 77.5 Å². The quantitative estimate of drug-likeness (QED) is 0.465. The minimum atomic E-state index is -0.471. The Morgan fingerprint density at radius 1 is 0.933 bits per heavy atom. The van der Waals surface area contributed by atoms with E-state index in [-0.39, 0.29) is 12.5 Å². The highest BCUT2D eigenvalue weighted by molar-refractivity contribution is 5.88. The summed E-state index contributed by atoms with van der Waals surface area (Å²) in [5, 5.41) is 2.65. The fourth-order valence-electron chi connectivity index (χ4n) is 2.58. The molecule has 0 atom stereocenters. The van der Waals surface area contributed by atoms with Gasteiger partial charge in [0.2, 0.25) is 5.91 Å². The van der Waals surface area contributed by atoms with Gasteiger partial charge in [-0.15, -0.1) is 0 Å². The molecule has 0 fully saturated rings. The minimum absolute atomic E-state index is 0.163. The van der Waals surface area contributed by atoms with Crippen LogP contribution >= 0.6 is 0 Å². The van der Waals surface area contributed by atoms with Crippen LogP contribution in [0.3, 0.4) is 0 Å². The van der Waals surface area contributed by atoms with Gasteiger partial charge in [0.1, 0.15) is 17.3 Å². The van der Waals surface area contributed by atoms with Gasteiger partial charge in [-0.1, -0.05) is 42.0 Å². The molecule has 3 rings (SSSR count). The average Bonchev–Trinajstić information content (AvgIpc) is 2.73. The summed E-state index contributed by atoms with van der Waals surface area (Å²) in [4.78, 5) is 27.2. The van der Waals surface area contributed by atoms with E-state index in [9.17, 15) is 9.59 Å². The number of hydrogen-bond donors (Lipinski definition) is 1. The normalized spacial score (nSPS) is 10.6. The van der Waals surface area contributed by atoms with Crippen LogP contribution in [0.15, 0.2) is 66.9 Å². The predicted octanol–water partition coefficient (Wildman–Crippen LogP) is 4.50. The summed E-state index contributed by atoms with van der Waals surface area (Å²) < 4.78 is 10.7. The Morgan fingerprint density at radius 2 is 1.60 bits per heavy atom. The molecular weight excluding hydrogens is 380 g/mol. The van der Waals surface area contributed by atoms with E-state index in [4.69, 9.17) is 9.47 Å². The summed E-state index contributed by atoms with van der Waals surface area (Å²) in [6.45, 7) is 3.26. The Hall–Kier alpha value is -3.93. The van der Waals surface area contributed by atoms with E-state index >= 15 is 0 Å². The second-order valence-electron chi connectivity index (χ2n) is 6.63. The maximum absolute atomic E-state index is 12.0.